The summed E-state index contributed by atoms with van der Waals surface area (Å²) in [5.74, 6) is -1.94. The van der Waals surface area contributed by atoms with E-state index in [2.05, 4.69) is 5.32 Å². The van der Waals surface area contributed by atoms with Gasteiger partial charge in [0.2, 0.25) is 0 Å². The van der Waals surface area contributed by atoms with E-state index >= 15 is 0 Å². The van der Waals surface area contributed by atoms with Gasteiger partial charge in [-0.05, 0) is 42.8 Å². The standard InChI is InChI=1S/C14H12F2N2O/c1-8-4-9(2-3-13(8)17)14(19)18-12-6-10(15)5-11(16)7-12/h2-7H,17H2,1H3,(H,18,19). The number of carbonyl (C=O) groups is 1. The maximum absolute atomic E-state index is 13.0. The van der Waals surface area contributed by atoms with Crippen LogP contribution < -0.4 is 11.1 Å². The number of amides is 1. The first-order valence-electron chi connectivity index (χ1n) is 5.59. The highest BCUT2D eigenvalue weighted by atomic mass is 19.1. The molecule has 0 heterocycles. The summed E-state index contributed by atoms with van der Waals surface area (Å²) in [5.41, 5.74) is 7.43. The van der Waals surface area contributed by atoms with Crippen molar-refractivity contribution >= 4 is 17.3 Å². The minimum Gasteiger partial charge on any atom is -0.399 e. The van der Waals surface area contributed by atoms with Gasteiger partial charge in [0, 0.05) is 23.0 Å². The summed E-state index contributed by atoms with van der Waals surface area (Å²) in [6, 6.07) is 7.60. The SMILES string of the molecule is Cc1cc(C(=O)Nc2cc(F)cc(F)c2)ccc1N. The van der Waals surface area contributed by atoms with Gasteiger partial charge in [0.25, 0.3) is 5.91 Å². The predicted octanol–water partition coefficient (Wildman–Crippen LogP) is 3.11. The number of aryl methyl sites for hydroxylation is 1. The Kier molecular flexibility index (Phi) is 3.46. The number of hydrogen-bond acceptors (Lipinski definition) is 2. The molecular formula is C14H12F2N2O. The summed E-state index contributed by atoms with van der Waals surface area (Å²) in [6.07, 6.45) is 0. The Labute approximate surface area is 109 Å². The lowest BCUT2D eigenvalue weighted by atomic mass is 10.1. The second kappa shape index (κ2) is 5.06. The van der Waals surface area contributed by atoms with Crippen LogP contribution in [0, 0.1) is 18.6 Å². The largest absolute Gasteiger partial charge is 0.399 e. The van der Waals surface area contributed by atoms with Crippen LogP contribution in [0.1, 0.15) is 15.9 Å². The highest BCUT2D eigenvalue weighted by Crippen LogP contribution is 2.16. The fraction of sp³-hybridized carbons (Fsp3) is 0.0714. The molecule has 3 N–H and O–H groups in total. The van der Waals surface area contributed by atoms with Crippen molar-refractivity contribution < 1.29 is 13.6 Å². The zero-order chi connectivity index (χ0) is 14.0. The molecule has 5 heteroatoms. The summed E-state index contributed by atoms with van der Waals surface area (Å²) in [5, 5.41) is 2.43. The Hall–Kier alpha value is -2.43. The van der Waals surface area contributed by atoms with Gasteiger partial charge in [-0.3, -0.25) is 4.79 Å². The number of nitrogen functional groups attached to an aromatic ring is 1. The molecule has 0 spiro atoms. The molecule has 0 saturated heterocycles. The van der Waals surface area contributed by atoms with Gasteiger partial charge in [0.05, 0.1) is 0 Å². The van der Waals surface area contributed by atoms with Crippen molar-refractivity contribution in [2.24, 2.45) is 0 Å². The first-order valence-corrected chi connectivity index (χ1v) is 5.59. The normalized spacial score (nSPS) is 10.3. The first-order chi connectivity index (χ1) is 8.95. The van der Waals surface area contributed by atoms with Crippen LogP contribution in [0.3, 0.4) is 0 Å². The molecule has 0 aliphatic heterocycles. The van der Waals surface area contributed by atoms with Gasteiger partial charge in [-0.1, -0.05) is 0 Å². The van der Waals surface area contributed by atoms with Crippen molar-refractivity contribution in [3.63, 3.8) is 0 Å². The number of halogens is 2. The molecule has 98 valence electrons. The van der Waals surface area contributed by atoms with Crippen LogP contribution in [-0.4, -0.2) is 5.91 Å². The maximum Gasteiger partial charge on any atom is 0.255 e. The highest BCUT2D eigenvalue weighted by Gasteiger charge is 2.09. The summed E-state index contributed by atoms with van der Waals surface area (Å²) in [4.78, 5) is 11.9. The van der Waals surface area contributed by atoms with E-state index in [1.807, 2.05) is 0 Å². The van der Waals surface area contributed by atoms with Gasteiger partial charge < -0.3 is 11.1 Å². The molecular weight excluding hydrogens is 250 g/mol. The van der Waals surface area contributed by atoms with Gasteiger partial charge >= 0.3 is 0 Å². The third kappa shape index (κ3) is 3.07. The molecule has 0 aliphatic rings. The molecule has 0 bridgehead atoms. The fourth-order valence-electron chi connectivity index (χ4n) is 1.65. The molecule has 0 aliphatic carbocycles. The maximum atomic E-state index is 13.0. The third-order valence-corrected chi connectivity index (χ3v) is 2.65. The smallest absolute Gasteiger partial charge is 0.255 e. The minimum absolute atomic E-state index is 0.0666. The van der Waals surface area contributed by atoms with Crippen LogP contribution >= 0.6 is 0 Å². The second-order valence-electron chi connectivity index (χ2n) is 4.18. The lowest BCUT2D eigenvalue weighted by molar-refractivity contribution is 0.102. The van der Waals surface area contributed by atoms with E-state index in [0.717, 1.165) is 23.8 Å². The molecule has 2 rings (SSSR count). The average molecular weight is 262 g/mol. The van der Waals surface area contributed by atoms with Crippen molar-refractivity contribution in [1.82, 2.24) is 0 Å². The molecule has 0 unspecified atom stereocenters. The Morgan fingerprint density at radius 3 is 2.32 bits per heavy atom. The first kappa shape index (κ1) is 13.0. The quantitative estimate of drug-likeness (QED) is 0.817. The van der Waals surface area contributed by atoms with E-state index in [9.17, 15) is 13.6 Å². The molecule has 0 atom stereocenters. The van der Waals surface area contributed by atoms with Gasteiger partial charge in [-0.25, -0.2) is 8.78 Å². The summed E-state index contributed by atoms with van der Waals surface area (Å²) < 4.78 is 26.0. The fourth-order valence-corrected chi connectivity index (χ4v) is 1.65. The summed E-state index contributed by atoms with van der Waals surface area (Å²) >= 11 is 0. The lowest BCUT2D eigenvalue weighted by Gasteiger charge is -2.07. The molecule has 0 saturated carbocycles. The highest BCUT2D eigenvalue weighted by molar-refractivity contribution is 6.04. The number of carbonyl (C=O) groups excluding carboxylic acids is 1. The lowest BCUT2D eigenvalue weighted by Crippen LogP contribution is -2.12. The summed E-state index contributed by atoms with van der Waals surface area (Å²) in [7, 11) is 0. The monoisotopic (exact) mass is 262 g/mol. The van der Waals surface area contributed by atoms with Crippen LogP contribution in [0.4, 0.5) is 20.2 Å². The van der Waals surface area contributed by atoms with Crippen molar-refractivity contribution in [3.05, 3.63) is 59.2 Å². The van der Waals surface area contributed by atoms with Crippen molar-refractivity contribution in [3.8, 4) is 0 Å². The molecule has 0 aromatic heterocycles. The van der Waals surface area contributed by atoms with Gasteiger partial charge in [-0.15, -0.1) is 0 Å². The molecule has 0 radical (unpaired) electrons. The van der Waals surface area contributed by atoms with Gasteiger partial charge in [0.1, 0.15) is 11.6 Å². The number of anilines is 2. The number of nitrogens with one attached hydrogen (secondary N) is 1. The zero-order valence-electron chi connectivity index (χ0n) is 10.2. The second-order valence-corrected chi connectivity index (χ2v) is 4.18. The van der Waals surface area contributed by atoms with E-state index in [0.29, 0.717) is 11.3 Å². The topological polar surface area (TPSA) is 55.1 Å². The van der Waals surface area contributed by atoms with Crippen molar-refractivity contribution in [2.45, 2.75) is 6.92 Å². The molecule has 2 aromatic rings. The number of rotatable bonds is 2. The number of nitrogens with two attached hydrogens (primary N) is 1. The molecule has 0 fully saturated rings. The Morgan fingerprint density at radius 1 is 1.11 bits per heavy atom. The zero-order valence-corrected chi connectivity index (χ0v) is 10.2. The molecule has 3 nitrogen and oxygen atoms in total. The van der Waals surface area contributed by atoms with E-state index in [1.54, 1.807) is 25.1 Å². The van der Waals surface area contributed by atoms with Crippen LogP contribution in [-0.2, 0) is 0 Å². The van der Waals surface area contributed by atoms with Crippen LogP contribution in [0.5, 0.6) is 0 Å². The van der Waals surface area contributed by atoms with Crippen LogP contribution in [0.15, 0.2) is 36.4 Å². The number of benzene rings is 2. The van der Waals surface area contributed by atoms with E-state index < -0.39 is 17.5 Å². The molecule has 2 aromatic carbocycles. The minimum atomic E-state index is -0.746. The molecule has 1 amide bonds. The van der Waals surface area contributed by atoms with Crippen molar-refractivity contribution in [2.75, 3.05) is 11.1 Å². The van der Waals surface area contributed by atoms with Crippen LogP contribution in [0.25, 0.3) is 0 Å². The summed E-state index contributed by atoms with van der Waals surface area (Å²) in [6.45, 7) is 1.77. The third-order valence-electron chi connectivity index (χ3n) is 2.65. The Balaban J connectivity index is 2.22. The predicted molar refractivity (Wildman–Crippen MR) is 69.9 cm³/mol. The molecule has 19 heavy (non-hydrogen) atoms. The van der Waals surface area contributed by atoms with Gasteiger partial charge in [-0.2, -0.15) is 0 Å². The Bertz CT molecular complexity index is 621. The van der Waals surface area contributed by atoms with Gasteiger partial charge in [0.15, 0.2) is 0 Å². The average Bonchev–Trinajstić information content (AvgIpc) is 2.31. The van der Waals surface area contributed by atoms with Crippen LogP contribution in [0.2, 0.25) is 0 Å². The van der Waals surface area contributed by atoms with Crippen molar-refractivity contribution in [1.29, 1.82) is 0 Å². The van der Waals surface area contributed by atoms with E-state index in [1.165, 1.54) is 0 Å². The number of hydrogen-bond donors (Lipinski definition) is 2. The van der Waals surface area contributed by atoms with E-state index in [4.69, 9.17) is 5.73 Å². The van der Waals surface area contributed by atoms with E-state index in [-0.39, 0.29) is 5.69 Å². The Morgan fingerprint density at radius 2 is 1.74 bits per heavy atom.